The van der Waals surface area contributed by atoms with E-state index in [1.54, 1.807) is 0 Å². The number of thioether (sulfide) groups is 1. The minimum absolute atomic E-state index is 0.0813. The third kappa shape index (κ3) is 5.16. The van der Waals surface area contributed by atoms with Crippen molar-refractivity contribution in [3.63, 3.8) is 0 Å². The number of aryl methyl sites for hydroxylation is 2. The highest BCUT2D eigenvalue weighted by Gasteiger charge is 2.28. The van der Waals surface area contributed by atoms with E-state index in [4.69, 9.17) is 0 Å². The first kappa shape index (κ1) is 19.1. The Labute approximate surface area is 170 Å². The number of rotatable bonds is 8. The van der Waals surface area contributed by atoms with Gasteiger partial charge in [-0.15, -0.1) is 11.8 Å². The second-order valence-corrected chi connectivity index (χ2v) is 8.71. The first-order valence-electron chi connectivity index (χ1n) is 10.1. The van der Waals surface area contributed by atoms with E-state index in [0.29, 0.717) is 12.2 Å². The lowest BCUT2D eigenvalue weighted by Crippen LogP contribution is -2.49. The minimum atomic E-state index is -0.531. The second kappa shape index (κ2) is 8.82. The Morgan fingerprint density at radius 2 is 1.82 bits per heavy atom. The number of benzene rings is 2. The highest BCUT2D eigenvalue weighted by atomic mass is 32.2. The van der Waals surface area contributed by atoms with E-state index in [2.05, 4.69) is 28.8 Å². The number of carbonyl (C=O) groups is 2. The molecular formula is C23H26N2O2S. The third-order valence-corrected chi connectivity index (χ3v) is 6.29. The Balaban J connectivity index is 1.34. The fourth-order valence-electron chi connectivity index (χ4n) is 3.61. The molecule has 4 rings (SSSR count). The van der Waals surface area contributed by atoms with Crippen LogP contribution in [0.2, 0.25) is 0 Å². The van der Waals surface area contributed by atoms with Gasteiger partial charge in [-0.2, -0.15) is 0 Å². The smallest absolute Gasteiger partial charge is 0.243 e. The standard InChI is InChI=1S/C23H26N2O2S/c26-22(15-28-20-12-9-17-7-4-8-18(17)14-20)25-21(23(27)24-19-10-11-19)13-16-5-2-1-3-6-16/h1-3,5-6,9,12,14,19,21H,4,7-8,10-11,13,15H2,(H,24,27)(H,25,26). The summed E-state index contributed by atoms with van der Waals surface area (Å²) >= 11 is 1.54. The van der Waals surface area contributed by atoms with Gasteiger partial charge in [-0.05, 0) is 60.9 Å². The van der Waals surface area contributed by atoms with Crippen LogP contribution in [0.4, 0.5) is 0 Å². The number of amides is 2. The largest absolute Gasteiger partial charge is 0.352 e. The van der Waals surface area contributed by atoms with E-state index in [1.807, 2.05) is 30.3 Å². The maximum absolute atomic E-state index is 12.6. The Kier molecular flexibility index (Phi) is 6.01. The molecule has 2 aromatic rings. The van der Waals surface area contributed by atoms with Crippen molar-refractivity contribution in [2.24, 2.45) is 0 Å². The average molecular weight is 395 g/mol. The van der Waals surface area contributed by atoms with E-state index in [1.165, 1.54) is 29.3 Å². The van der Waals surface area contributed by atoms with Crippen molar-refractivity contribution >= 4 is 23.6 Å². The molecule has 5 heteroatoms. The molecule has 0 aromatic heterocycles. The summed E-state index contributed by atoms with van der Waals surface area (Å²) in [5.74, 6) is 0.139. The second-order valence-electron chi connectivity index (χ2n) is 7.67. The Morgan fingerprint density at radius 1 is 1.04 bits per heavy atom. The number of hydrogen-bond donors (Lipinski definition) is 2. The molecule has 28 heavy (non-hydrogen) atoms. The number of nitrogens with one attached hydrogen (secondary N) is 2. The lowest BCUT2D eigenvalue weighted by molar-refractivity contribution is -0.128. The van der Waals surface area contributed by atoms with Crippen LogP contribution in [0, 0.1) is 0 Å². The number of hydrogen-bond acceptors (Lipinski definition) is 3. The first-order valence-corrected chi connectivity index (χ1v) is 11.0. The molecule has 1 fully saturated rings. The zero-order valence-corrected chi connectivity index (χ0v) is 16.8. The minimum Gasteiger partial charge on any atom is -0.352 e. The molecule has 0 radical (unpaired) electrons. The van der Waals surface area contributed by atoms with Gasteiger partial charge in [-0.1, -0.05) is 36.4 Å². The summed E-state index contributed by atoms with van der Waals surface area (Å²) in [5.41, 5.74) is 3.90. The van der Waals surface area contributed by atoms with Crippen LogP contribution in [0.15, 0.2) is 53.4 Å². The van der Waals surface area contributed by atoms with Crippen molar-refractivity contribution in [3.05, 3.63) is 65.2 Å². The lowest BCUT2D eigenvalue weighted by atomic mass is 10.1. The van der Waals surface area contributed by atoms with Crippen LogP contribution in [0.1, 0.15) is 36.0 Å². The van der Waals surface area contributed by atoms with Gasteiger partial charge in [0.1, 0.15) is 6.04 Å². The lowest BCUT2D eigenvalue weighted by Gasteiger charge is -2.18. The highest BCUT2D eigenvalue weighted by molar-refractivity contribution is 8.00. The first-order chi connectivity index (χ1) is 13.7. The van der Waals surface area contributed by atoms with Crippen LogP contribution in [-0.4, -0.2) is 29.7 Å². The molecular weight excluding hydrogens is 368 g/mol. The fraction of sp³-hybridized carbons (Fsp3) is 0.391. The summed E-state index contributed by atoms with van der Waals surface area (Å²) in [6, 6.07) is 16.1. The van der Waals surface area contributed by atoms with Crippen LogP contribution in [0.25, 0.3) is 0 Å². The maximum atomic E-state index is 12.6. The van der Waals surface area contributed by atoms with Gasteiger partial charge in [0, 0.05) is 17.4 Å². The van der Waals surface area contributed by atoms with Gasteiger partial charge >= 0.3 is 0 Å². The molecule has 0 aliphatic heterocycles. The zero-order chi connectivity index (χ0) is 19.3. The molecule has 0 heterocycles. The van der Waals surface area contributed by atoms with E-state index in [0.717, 1.165) is 36.1 Å². The molecule has 0 saturated heterocycles. The van der Waals surface area contributed by atoms with Crippen molar-refractivity contribution < 1.29 is 9.59 Å². The summed E-state index contributed by atoms with van der Waals surface area (Å²) in [6.07, 6.45) is 6.10. The summed E-state index contributed by atoms with van der Waals surface area (Å²) in [7, 11) is 0. The molecule has 2 aromatic carbocycles. The summed E-state index contributed by atoms with van der Waals surface area (Å²) in [5, 5.41) is 5.97. The molecule has 2 aliphatic rings. The molecule has 2 amide bonds. The van der Waals surface area contributed by atoms with Crippen LogP contribution in [0.3, 0.4) is 0 Å². The summed E-state index contributed by atoms with van der Waals surface area (Å²) < 4.78 is 0. The molecule has 0 spiro atoms. The zero-order valence-electron chi connectivity index (χ0n) is 15.9. The molecule has 1 saturated carbocycles. The van der Waals surface area contributed by atoms with Gasteiger partial charge in [0.15, 0.2) is 0 Å². The van der Waals surface area contributed by atoms with E-state index >= 15 is 0 Å². The Morgan fingerprint density at radius 3 is 2.61 bits per heavy atom. The summed E-state index contributed by atoms with van der Waals surface area (Å²) in [6.45, 7) is 0. The van der Waals surface area contributed by atoms with Crippen LogP contribution in [-0.2, 0) is 28.9 Å². The maximum Gasteiger partial charge on any atom is 0.243 e. The summed E-state index contributed by atoms with van der Waals surface area (Å²) in [4.78, 5) is 26.3. The predicted molar refractivity (Wildman–Crippen MR) is 112 cm³/mol. The van der Waals surface area contributed by atoms with E-state index in [9.17, 15) is 9.59 Å². The number of carbonyl (C=O) groups excluding carboxylic acids is 2. The topological polar surface area (TPSA) is 58.2 Å². The molecule has 1 atom stereocenters. The fourth-order valence-corrected chi connectivity index (χ4v) is 4.38. The Hall–Kier alpha value is -2.27. The van der Waals surface area contributed by atoms with Crippen LogP contribution in [0.5, 0.6) is 0 Å². The van der Waals surface area contributed by atoms with Crippen molar-refractivity contribution in [2.45, 2.75) is 55.5 Å². The van der Waals surface area contributed by atoms with Gasteiger partial charge in [-0.25, -0.2) is 0 Å². The van der Waals surface area contributed by atoms with Gasteiger partial charge in [0.2, 0.25) is 11.8 Å². The Bertz CT molecular complexity index is 849. The van der Waals surface area contributed by atoms with Gasteiger partial charge < -0.3 is 10.6 Å². The molecule has 4 nitrogen and oxygen atoms in total. The van der Waals surface area contributed by atoms with Crippen molar-refractivity contribution in [3.8, 4) is 0 Å². The van der Waals surface area contributed by atoms with Gasteiger partial charge in [0.05, 0.1) is 5.75 Å². The SMILES string of the molecule is O=C(CSc1ccc2c(c1)CCC2)NC(Cc1ccccc1)C(=O)NC1CC1. The molecule has 2 N–H and O–H groups in total. The average Bonchev–Trinajstić information content (AvgIpc) is 3.39. The predicted octanol–water partition coefficient (Wildman–Crippen LogP) is 3.27. The van der Waals surface area contributed by atoms with E-state index < -0.39 is 6.04 Å². The van der Waals surface area contributed by atoms with Gasteiger partial charge in [0.25, 0.3) is 0 Å². The molecule has 1 unspecified atom stereocenters. The third-order valence-electron chi connectivity index (χ3n) is 5.30. The number of fused-ring (bicyclic) bond motifs is 1. The van der Waals surface area contributed by atoms with Gasteiger partial charge in [-0.3, -0.25) is 9.59 Å². The van der Waals surface area contributed by atoms with E-state index in [-0.39, 0.29) is 17.9 Å². The van der Waals surface area contributed by atoms with Crippen molar-refractivity contribution in [1.82, 2.24) is 10.6 Å². The van der Waals surface area contributed by atoms with Crippen molar-refractivity contribution in [2.75, 3.05) is 5.75 Å². The molecule has 146 valence electrons. The van der Waals surface area contributed by atoms with Crippen molar-refractivity contribution in [1.29, 1.82) is 0 Å². The normalized spacial score (nSPS) is 16.3. The molecule has 0 bridgehead atoms. The highest BCUT2D eigenvalue weighted by Crippen LogP contribution is 2.27. The monoisotopic (exact) mass is 394 g/mol. The quantitative estimate of drug-likeness (QED) is 0.676. The van der Waals surface area contributed by atoms with Crippen LogP contribution >= 0.6 is 11.8 Å². The molecule has 2 aliphatic carbocycles. The van der Waals surface area contributed by atoms with Crippen LogP contribution < -0.4 is 10.6 Å².